The Bertz CT molecular complexity index is 996. The van der Waals surface area contributed by atoms with Gasteiger partial charge in [0.2, 0.25) is 10.0 Å². The standard InChI is InChI=1S/C16H19N5O3S/c1-11-3-5-21(9-15(11)20-6-4-17-10-20)25(22,23)13-7-14-12(2)19-24-16(14)18-8-13/h4,6-8,10-11,15H,3,5,9H2,1-2H3. The number of hydrogen-bond donors (Lipinski definition) is 0. The first-order chi connectivity index (χ1) is 12.0. The van der Waals surface area contributed by atoms with Crippen LogP contribution < -0.4 is 0 Å². The number of imidazole rings is 1. The molecule has 1 aliphatic rings. The zero-order chi connectivity index (χ0) is 17.6. The van der Waals surface area contributed by atoms with Gasteiger partial charge in [-0.25, -0.2) is 18.4 Å². The Hall–Kier alpha value is -2.26. The van der Waals surface area contributed by atoms with Crippen LogP contribution in [-0.2, 0) is 10.0 Å². The fourth-order valence-electron chi connectivity index (χ4n) is 3.31. The number of aromatic nitrogens is 4. The molecule has 0 radical (unpaired) electrons. The van der Waals surface area contributed by atoms with Gasteiger partial charge in [-0.15, -0.1) is 0 Å². The van der Waals surface area contributed by atoms with Crippen LogP contribution in [0, 0.1) is 12.8 Å². The van der Waals surface area contributed by atoms with E-state index < -0.39 is 10.0 Å². The van der Waals surface area contributed by atoms with E-state index in [0.717, 1.165) is 6.42 Å². The zero-order valence-electron chi connectivity index (χ0n) is 14.0. The van der Waals surface area contributed by atoms with E-state index in [4.69, 9.17) is 4.52 Å². The molecule has 0 spiro atoms. The summed E-state index contributed by atoms with van der Waals surface area (Å²) in [5, 5.41) is 4.45. The lowest BCUT2D eigenvalue weighted by Crippen LogP contribution is -2.43. The minimum Gasteiger partial charge on any atom is -0.336 e. The highest BCUT2D eigenvalue weighted by atomic mass is 32.2. The van der Waals surface area contributed by atoms with Crippen molar-refractivity contribution in [2.45, 2.75) is 31.2 Å². The van der Waals surface area contributed by atoms with Crippen molar-refractivity contribution in [3.8, 4) is 0 Å². The first-order valence-electron chi connectivity index (χ1n) is 8.16. The van der Waals surface area contributed by atoms with Gasteiger partial charge < -0.3 is 9.09 Å². The molecule has 1 aliphatic heterocycles. The second-order valence-electron chi connectivity index (χ2n) is 6.50. The molecule has 0 saturated carbocycles. The van der Waals surface area contributed by atoms with E-state index in [1.165, 1.54) is 10.5 Å². The number of rotatable bonds is 3. The summed E-state index contributed by atoms with van der Waals surface area (Å²) in [5.41, 5.74) is 0.975. The van der Waals surface area contributed by atoms with E-state index in [0.29, 0.717) is 35.8 Å². The molecule has 0 N–H and O–H groups in total. The first-order valence-corrected chi connectivity index (χ1v) is 9.60. The number of pyridine rings is 1. The van der Waals surface area contributed by atoms with Crippen molar-refractivity contribution in [1.82, 2.24) is 24.0 Å². The van der Waals surface area contributed by atoms with Gasteiger partial charge in [0, 0.05) is 25.5 Å². The molecule has 0 aliphatic carbocycles. The lowest BCUT2D eigenvalue weighted by Gasteiger charge is -2.36. The molecule has 3 aromatic rings. The molecule has 1 fully saturated rings. The third-order valence-electron chi connectivity index (χ3n) is 4.91. The van der Waals surface area contributed by atoms with Gasteiger partial charge in [-0.05, 0) is 25.3 Å². The molecule has 9 heteroatoms. The van der Waals surface area contributed by atoms with Crippen molar-refractivity contribution in [3.63, 3.8) is 0 Å². The Kier molecular flexibility index (Phi) is 3.84. The van der Waals surface area contributed by atoms with Crippen molar-refractivity contribution in [3.05, 3.63) is 36.7 Å². The summed E-state index contributed by atoms with van der Waals surface area (Å²) in [6.45, 7) is 4.82. The van der Waals surface area contributed by atoms with Gasteiger partial charge in [0.1, 0.15) is 4.90 Å². The van der Waals surface area contributed by atoms with E-state index in [2.05, 4.69) is 22.0 Å². The van der Waals surface area contributed by atoms with E-state index in [1.54, 1.807) is 25.5 Å². The molecule has 0 aromatic carbocycles. The quantitative estimate of drug-likeness (QED) is 0.708. The van der Waals surface area contributed by atoms with Crippen LogP contribution in [0.5, 0.6) is 0 Å². The second-order valence-corrected chi connectivity index (χ2v) is 8.44. The molecule has 2 atom stereocenters. The maximum Gasteiger partial charge on any atom is 0.257 e. The topological polar surface area (TPSA) is 94.1 Å². The number of hydrogen-bond acceptors (Lipinski definition) is 6. The predicted molar refractivity (Wildman–Crippen MR) is 90.3 cm³/mol. The lowest BCUT2D eigenvalue weighted by molar-refractivity contribution is 0.200. The van der Waals surface area contributed by atoms with Crippen LogP contribution in [0.15, 0.2) is 40.4 Å². The van der Waals surface area contributed by atoms with E-state index in [-0.39, 0.29) is 10.9 Å². The summed E-state index contributed by atoms with van der Waals surface area (Å²) in [5.74, 6) is 0.376. The van der Waals surface area contributed by atoms with Crippen LogP contribution in [0.4, 0.5) is 0 Å². The Morgan fingerprint density at radius 3 is 2.96 bits per heavy atom. The number of sulfonamides is 1. The monoisotopic (exact) mass is 361 g/mol. The van der Waals surface area contributed by atoms with Gasteiger partial charge in [-0.3, -0.25) is 0 Å². The summed E-state index contributed by atoms with van der Waals surface area (Å²) in [6, 6.07) is 1.66. The maximum absolute atomic E-state index is 13.1. The molecule has 3 aromatic heterocycles. The Balaban J connectivity index is 1.67. The number of nitrogens with zero attached hydrogens (tertiary/aromatic N) is 5. The highest BCUT2D eigenvalue weighted by molar-refractivity contribution is 7.89. The lowest BCUT2D eigenvalue weighted by atomic mass is 9.95. The molecular weight excluding hydrogens is 342 g/mol. The van der Waals surface area contributed by atoms with Crippen molar-refractivity contribution in [2.24, 2.45) is 5.92 Å². The van der Waals surface area contributed by atoms with Gasteiger partial charge in [-0.1, -0.05) is 12.1 Å². The highest BCUT2D eigenvalue weighted by Gasteiger charge is 2.35. The minimum atomic E-state index is -3.63. The molecule has 2 unspecified atom stereocenters. The molecular formula is C16H19N5O3S. The first kappa shape index (κ1) is 16.2. The van der Waals surface area contributed by atoms with Crippen molar-refractivity contribution in [2.75, 3.05) is 13.1 Å². The van der Waals surface area contributed by atoms with Crippen molar-refractivity contribution >= 4 is 21.1 Å². The molecule has 4 heterocycles. The summed E-state index contributed by atoms with van der Waals surface area (Å²) in [4.78, 5) is 8.35. The summed E-state index contributed by atoms with van der Waals surface area (Å²) in [6.07, 6.45) is 7.47. The SMILES string of the molecule is Cc1noc2ncc(S(=O)(=O)N3CCC(C)C(n4ccnc4)C3)cc12. The Morgan fingerprint density at radius 1 is 1.36 bits per heavy atom. The summed E-state index contributed by atoms with van der Waals surface area (Å²) in [7, 11) is -3.63. The van der Waals surface area contributed by atoms with Gasteiger partial charge in [0.15, 0.2) is 0 Å². The average Bonchev–Trinajstić information content (AvgIpc) is 3.25. The van der Waals surface area contributed by atoms with Crippen LogP contribution >= 0.6 is 0 Å². The molecule has 0 bridgehead atoms. The van der Waals surface area contributed by atoms with Crippen molar-refractivity contribution in [1.29, 1.82) is 0 Å². The van der Waals surface area contributed by atoms with E-state index in [1.807, 2.05) is 10.8 Å². The van der Waals surface area contributed by atoms with Crippen LogP contribution in [0.25, 0.3) is 11.1 Å². The second kappa shape index (κ2) is 5.92. The van der Waals surface area contributed by atoms with E-state index >= 15 is 0 Å². The molecule has 4 rings (SSSR count). The van der Waals surface area contributed by atoms with Gasteiger partial charge in [-0.2, -0.15) is 4.31 Å². The molecule has 8 nitrogen and oxygen atoms in total. The number of fused-ring (bicyclic) bond motifs is 1. The summed E-state index contributed by atoms with van der Waals surface area (Å²) >= 11 is 0. The number of piperidine rings is 1. The normalized spacial score (nSPS) is 22.5. The molecule has 132 valence electrons. The van der Waals surface area contributed by atoms with Gasteiger partial charge in [0.25, 0.3) is 5.71 Å². The minimum absolute atomic E-state index is 0.0695. The highest BCUT2D eigenvalue weighted by Crippen LogP contribution is 2.31. The predicted octanol–water partition coefficient (Wildman–Crippen LogP) is 2.00. The van der Waals surface area contributed by atoms with Gasteiger partial charge in [0.05, 0.1) is 29.6 Å². The zero-order valence-corrected chi connectivity index (χ0v) is 14.8. The average molecular weight is 361 g/mol. The maximum atomic E-state index is 13.1. The fourth-order valence-corrected chi connectivity index (χ4v) is 4.75. The molecule has 25 heavy (non-hydrogen) atoms. The van der Waals surface area contributed by atoms with Crippen LogP contribution in [0.2, 0.25) is 0 Å². The van der Waals surface area contributed by atoms with Crippen LogP contribution in [0.1, 0.15) is 25.1 Å². The smallest absolute Gasteiger partial charge is 0.257 e. The Labute approximate surface area is 145 Å². The third kappa shape index (κ3) is 2.73. The van der Waals surface area contributed by atoms with Crippen molar-refractivity contribution < 1.29 is 12.9 Å². The largest absolute Gasteiger partial charge is 0.336 e. The van der Waals surface area contributed by atoms with Crippen LogP contribution in [-0.4, -0.2) is 45.5 Å². The number of aryl methyl sites for hydroxylation is 1. The van der Waals surface area contributed by atoms with Gasteiger partial charge >= 0.3 is 0 Å². The van der Waals surface area contributed by atoms with Crippen LogP contribution in [0.3, 0.4) is 0 Å². The van der Waals surface area contributed by atoms with E-state index in [9.17, 15) is 8.42 Å². The summed E-state index contributed by atoms with van der Waals surface area (Å²) < 4.78 is 34.8. The third-order valence-corrected chi connectivity index (χ3v) is 6.74. The fraction of sp³-hybridized carbons (Fsp3) is 0.438. The molecule has 0 amide bonds. The molecule has 1 saturated heterocycles. The Morgan fingerprint density at radius 2 is 2.20 bits per heavy atom.